The summed E-state index contributed by atoms with van der Waals surface area (Å²) in [5.41, 5.74) is 2.05. The lowest BCUT2D eigenvalue weighted by atomic mass is 10.0. The van der Waals surface area contributed by atoms with Gasteiger partial charge in [-0.15, -0.1) is 0 Å². The van der Waals surface area contributed by atoms with Crippen molar-refractivity contribution in [1.29, 1.82) is 0 Å². The van der Waals surface area contributed by atoms with E-state index in [1.165, 1.54) is 0 Å². The second-order valence-corrected chi connectivity index (χ2v) is 6.66. The maximum atomic E-state index is 12.5. The summed E-state index contributed by atoms with van der Waals surface area (Å²) < 4.78 is 2.09. The van der Waals surface area contributed by atoms with Crippen molar-refractivity contribution in [3.05, 3.63) is 83.9 Å². The summed E-state index contributed by atoms with van der Waals surface area (Å²) in [6.45, 7) is 2.77. The van der Waals surface area contributed by atoms with Crippen LogP contribution in [0.4, 0.5) is 0 Å². The summed E-state index contributed by atoms with van der Waals surface area (Å²) in [5, 5.41) is 12.7. The van der Waals surface area contributed by atoms with E-state index in [2.05, 4.69) is 14.9 Å². The highest BCUT2D eigenvalue weighted by molar-refractivity contribution is 5.76. The number of aromatic hydroxyl groups is 1. The van der Waals surface area contributed by atoms with E-state index >= 15 is 0 Å². The summed E-state index contributed by atoms with van der Waals surface area (Å²) in [5.74, 6) is 1.21. The summed E-state index contributed by atoms with van der Waals surface area (Å²) in [6.07, 6.45) is 5.53. The summed E-state index contributed by atoms with van der Waals surface area (Å²) >= 11 is 0. The largest absolute Gasteiger partial charge is 0.508 e. The fourth-order valence-electron chi connectivity index (χ4n) is 3.15. The second-order valence-electron chi connectivity index (χ2n) is 6.66. The number of aromatic nitrogens is 2. The first-order valence-corrected chi connectivity index (χ1v) is 9.22. The minimum atomic E-state index is -0.0512. The third kappa shape index (κ3) is 5.45. The molecule has 0 saturated heterocycles. The summed E-state index contributed by atoms with van der Waals surface area (Å²) in [7, 11) is 0. The molecule has 3 aromatic rings. The second kappa shape index (κ2) is 9.03. The van der Waals surface area contributed by atoms with Gasteiger partial charge < -0.3 is 15.0 Å². The van der Waals surface area contributed by atoms with Crippen molar-refractivity contribution >= 4 is 5.91 Å². The number of nitrogens with zero attached hydrogens (tertiary/aromatic N) is 2. The van der Waals surface area contributed by atoms with Crippen LogP contribution in [0.3, 0.4) is 0 Å². The molecule has 0 spiro atoms. The molecule has 2 aromatic carbocycles. The molecular weight excluding hydrogens is 338 g/mol. The Hall–Kier alpha value is -3.08. The van der Waals surface area contributed by atoms with Gasteiger partial charge in [0.1, 0.15) is 11.6 Å². The lowest BCUT2D eigenvalue weighted by Crippen LogP contribution is -2.29. The fourth-order valence-corrected chi connectivity index (χ4v) is 3.15. The first-order chi connectivity index (χ1) is 13.1. The Morgan fingerprint density at radius 1 is 1.19 bits per heavy atom. The smallest absolute Gasteiger partial charge is 0.220 e. The standard InChI is InChI=1S/C22H25N3O2/c1-17-23-13-15-25(17)14-12-21(19-7-3-2-4-8-19)24-22(27)11-10-18-6-5-9-20(26)16-18/h2-9,13,15-16,21,26H,10-12,14H2,1H3,(H,24,27)/t21-/m1/s1. The number of imidazole rings is 1. The molecule has 0 fully saturated rings. The Bertz CT molecular complexity index is 874. The normalized spacial score (nSPS) is 11.9. The van der Waals surface area contributed by atoms with Crippen molar-refractivity contribution in [2.24, 2.45) is 0 Å². The maximum absolute atomic E-state index is 12.5. The van der Waals surface area contributed by atoms with Gasteiger partial charge in [0, 0.05) is 25.4 Å². The molecule has 1 heterocycles. The van der Waals surface area contributed by atoms with E-state index in [9.17, 15) is 9.90 Å². The molecule has 3 rings (SSSR count). The highest BCUT2D eigenvalue weighted by Crippen LogP contribution is 2.19. The number of hydrogen-bond acceptors (Lipinski definition) is 3. The van der Waals surface area contributed by atoms with Crippen LogP contribution in [0.1, 0.15) is 35.8 Å². The predicted molar refractivity (Wildman–Crippen MR) is 105 cm³/mol. The average molecular weight is 363 g/mol. The zero-order chi connectivity index (χ0) is 19.1. The number of carbonyl (C=O) groups excluding carboxylic acids is 1. The minimum absolute atomic E-state index is 0.00884. The number of phenols is 1. The van der Waals surface area contributed by atoms with E-state index in [4.69, 9.17) is 0 Å². The zero-order valence-corrected chi connectivity index (χ0v) is 15.5. The Balaban J connectivity index is 1.62. The van der Waals surface area contributed by atoms with Crippen molar-refractivity contribution in [2.75, 3.05) is 0 Å². The molecule has 0 radical (unpaired) electrons. The average Bonchev–Trinajstić information content (AvgIpc) is 3.09. The molecule has 0 bridgehead atoms. The molecule has 27 heavy (non-hydrogen) atoms. The summed E-state index contributed by atoms with van der Waals surface area (Å²) in [4.78, 5) is 16.8. The highest BCUT2D eigenvalue weighted by Gasteiger charge is 2.15. The van der Waals surface area contributed by atoms with Crippen LogP contribution in [0.5, 0.6) is 5.75 Å². The van der Waals surface area contributed by atoms with Gasteiger partial charge in [-0.2, -0.15) is 0 Å². The maximum Gasteiger partial charge on any atom is 0.220 e. The monoisotopic (exact) mass is 363 g/mol. The van der Waals surface area contributed by atoms with Crippen molar-refractivity contribution < 1.29 is 9.90 Å². The van der Waals surface area contributed by atoms with Crippen molar-refractivity contribution in [2.45, 2.75) is 38.8 Å². The molecule has 0 aliphatic rings. The van der Waals surface area contributed by atoms with Gasteiger partial charge in [0.15, 0.2) is 0 Å². The van der Waals surface area contributed by atoms with Crippen LogP contribution in [-0.2, 0) is 17.8 Å². The van der Waals surface area contributed by atoms with Gasteiger partial charge in [-0.05, 0) is 43.0 Å². The number of hydrogen-bond donors (Lipinski definition) is 2. The van der Waals surface area contributed by atoms with Crippen molar-refractivity contribution in [1.82, 2.24) is 14.9 Å². The Morgan fingerprint density at radius 3 is 2.70 bits per heavy atom. The molecule has 0 aliphatic heterocycles. The van der Waals surface area contributed by atoms with E-state index in [0.717, 1.165) is 29.9 Å². The molecule has 1 atom stereocenters. The first kappa shape index (κ1) is 18.7. The van der Waals surface area contributed by atoms with Crippen molar-refractivity contribution in [3.8, 4) is 5.75 Å². The third-order valence-electron chi connectivity index (χ3n) is 4.67. The van der Waals surface area contributed by atoms with Crippen LogP contribution < -0.4 is 5.32 Å². The van der Waals surface area contributed by atoms with Gasteiger partial charge in [0.25, 0.3) is 0 Å². The number of aryl methyl sites for hydroxylation is 3. The van der Waals surface area contributed by atoms with Crippen LogP contribution in [-0.4, -0.2) is 20.6 Å². The van der Waals surface area contributed by atoms with Crippen LogP contribution in [0, 0.1) is 6.92 Å². The van der Waals surface area contributed by atoms with Gasteiger partial charge in [0.2, 0.25) is 5.91 Å². The lowest BCUT2D eigenvalue weighted by Gasteiger charge is -2.20. The highest BCUT2D eigenvalue weighted by atomic mass is 16.3. The summed E-state index contributed by atoms with van der Waals surface area (Å²) in [6, 6.07) is 17.0. The number of nitrogens with one attached hydrogen (secondary N) is 1. The number of rotatable bonds is 8. The van der Waals surface area contributed by atoms with Crippen LogP contribution >= 0.6 is 0 Å². The van der Waals surface area contributed by atoms with Crippen LogP contribution in [0.25, 0.3) is 0 Å². The molecule has 5 heteroatoms. The Kier molecular flexibility index (Phi) is 6.26. The topological polar surface area (TPSA) is 67.2 Å². The third-order valence-corrected chi connectivity index (χ3v) is 4.67. The minimum Gasteiger partial charge on any atom is -0.508 e. The number of phenolic OH excluding ortho intramolecular Hbond substituents is 1. The van der Waals surface area contributed by atoms with Gasteiger partial charge >= 0.3 is 0 Å². The molecule has 2 N–H and O–H groups in total. The van der Waals surface area contributed by atoms with Gasteiger partial charge in [-0.1, -0.05) is 42.5 Å². The quantitative estimate of drug-likeness (QED) is 0.640. The van der Waals surface area contributed by atoms with E-state index in [0.29, 0.717) is 12.8 Å². The van der Waals surface area contributed by atoms with Crippen LogP contribution in [0.2, 0.25) is 0 Å². The Morgan fingerprint density at radius 2 is 2.00 bits per heavy atom. The molecular formula is C22H25N3O2. The fraction of sp³-hybridized carbons (Fsp3) is 0.273. The molecule has 0 saturated carbocycles. The molecule has 1 aromatic heterocycles. The molecule has 0 unspecified atom stereocenters. The number of benzene rings is 2. The predicted octanol–water partition coefficient (Wildman–Crippen LogP) is 3.78. The van der Waals surface area contributed by atoms with Crippen molar-refractivity contribution in [3.63, 3.8) is 0 Å². The molecule has 5 nitrogen and oxygen atoms in total. The molecule has 140 valence electrons. The van der Waals surface area contributed by atoms with Gasteiger partial charge in [-0.3, -0.25) is 4.79 Å². The van der Waals surface area contributed by atoms with E-state index < -0.39 is 0 Å². The number of carbonyl (C=O) groups is 1. The SMILES string of the molecule is Cc1nccn1CC[C@@H](NC(=O)CCc1cccc(O)c1)c1ccccc1. The van der Waals surface area contributed by atoms with Gasteiger partial charge in [-0.25, -0.2) is 4.98 Å². The molecule has 0 aliphatic carbocycles. The van der Waals surface area contributed by atoms with E-state index in [-0.39, 0.29) is 17.7 Å². The van der Waals surface area contributed by atoms with Gasteiger partial charge in [0.05, 0.1) is 6.04 Å². The molecule has 1 amide bonds. The lowest BCUT2D eigenvalue weighted by molar-refractivity contribution is -0.121. The van der Waals surface area contributed by atoms with Crippen LogP contribution in [0.15, 0.2) is 67.0 Å². The zero-order valence-electron chi connectivity index (χ0n) is 15.5. The Labute approximate surface area is 159 Å². The van der Waals surface area contributed by atoms with E-state index in [1.54, 1.807) is 24.4 Å². The van der Waals surface area contributed by atoms with E-state index in [1.807, 2.05) is 49.5 Å². The first-order valence-electron chi connectivity index (χ1n) is 9.22. The number of amides is 1.